The van der Waals surface area contributed by atoms with Gasteiger partial charge in [0.15, 0.2) is 0 Å². The smallest absolute Gasteiger partial charge is 0.243 e. The van der Waals surface area contributed by atoms with Crippen molar-refractivity contribution in [2.24, 2.45) is 0 Å². The highest BCUT2D eigenvalue weighted by Gasteiger charge is 2.33. The van der Waals surface area contributed by atoms with Crippen LogP contribution in [0.4, 0.5) is 0 Å². The molecule has 1 aliphatic carbocycles. The van der Waals surface area contributed by atoms with Gasteiger partial charge in [0.2, 0.25) is 23.1 Å². The van der Waals surface area contributed by atoms with Crippen LogP contribution in [0.5, 0.6) is 0 Å². The first-order chi connectivity index (χ1) is 6.54. The molecule has 0 fully saturated rings. The Morgan fingerprint density at radius 1 is 1.00 bits per heavy atom. The van der Waals surface area contributed by atoms with Gasteiger partial charge in [0, 0.05) is 5.57 Å². The van der Waals surface area contributed by atoms with Gasteiger partial charge in [0.25, 0.3) is 0 Å². The highest BCUT2D eigenvalue weighted by molar-refractivity contribution is 6.48. The summed E-state index contributed by atoms with van der Waals surface area (Å²) >= 11 is 5.65. The lowest BCUT2D eigenvalue weighted by Crippen LogP contribution is -2.22. The van der Waals surface area contributed by atoms with Gasteiger partial charge in [0.1, 0.15) is 0 Å². The molecule has 0 aliphatic heterocycles. The van der Waals surface area contributed by atoms with E-state index in [1.807, 2.05) is 0 Å². The zero-order valence-corrected chi connectivity index (χ0v) is 8.77. The van der Waals surface area contributed by atoms with E-state index in [0.717, 1.165) is 0 Å². The van der Waals surface area contributed by atoms with Gasteiger partial charge in [-0.15, -0.1) is 0 Å². The summed E-state index contributed by atoms with van der Waals surface area (Å²) in [5.41, 5.74) is 0.175. The Morgan fingerprint density at radius 3 is 1.86 bits per heavy atom. The maximum atomic E-state index is 11.5. The van der Waals surface area contributed by atoms with Crippen LogP contribution in [0.3, 0.4) is 0 Å². The van der Waals surface area contributed by atoms with Gasteiger partial charge in [0.05, 0.1) is 19.3 Å². The molecule has 0 N–H and O–H groups in total. The summed E-state index contributed by atoms with van der Waals surface area (Å²) in [5, 5.41) is -0.118. The lowest BCUT2D eigenvalue weighted by molar-refractivity contribution is -0.120. The molecule has 0 aromatic rings. The molecule has 0 aromatic carbocycles. The normalized spacial score (nSPS) is 17.7. The SMILES string of the molecule is COC1=C(OC)C(=O)C(Cl)=C(C)C1=O. The molecule has 0 unspecified atom stereocenters. The highest BCUT2D eigenvalue weighted by Crippen LogP contribution is 2.27. The van der Waals surface area contributed by atoms with Crippen LogP contribution in [0.15, 0.2) is 22.1 Å². The van der Waals surface area contributed by atoms with E-state index in [1.165, 1.54) is 21.1 Å². The third kappa shape index (κ3) is 1.42. The molecule has 0 aromatic heterocycles. The molecule has 0 saturated heterocycles. The summed E-state index contributed by atoms with van der Waals surface area (Å²) < 4.78 is 9.55. The van der Waals surface area contributed by atoms with E-state index in [4.69, 9.17) is 21.1 Å². The van der Waals surface area contributed by atoms with E-state index in [1.54, 1.807) is 0 Å². The number of methoxy groups -OCH3 is 2. The van der Waals surface area contributed by atoms with Gasteiger partial charge >= 0.3 is 0 Å². The van der Waals surface area contributed by atoms with Crippen LogP contribution in [0.2, 0.25) is 0 Å². The average molecular weight is 217 g/mol. The van der Waals surface area contributed by atoms with E-state index in [-0.39, 0.29) is 22.1 Å². The largest absolute Gasteiger partial charge is 0.489 e. The summed E-state index contributed by atoms with van der Waals surface area (Å²) in [6.07, 6.45) is 0. The monoisotopic (exact) mass is 216 g/mol. The molecule has 4 nitrogen and oxygen atoms in total. The minimum absolute atomic E-state index is 0.0978. The number of halogens is 1. The Balaban J connectivity index is 3.31. The van der Waals surface area contributed by atoms with Crippen molar-refractivity contribution in [1.29, 1.82) is 0 Å². The van der Waals surface area contributed by atoms with Crippen LogP contribution >= 0.6 is 11.6 Å². The van der Waals surface area contributed by atoms with Crippen LogP contribution in [0.1, 0.15) is 6.92 Å². The highest BCUT2D eigenvalue weighted by atomic mass is 35.5. The molecule has 1 rings (SSSR count). The number of carbonyl (C=O) groups excluding carboxylic acids is 2. The lowest BCUT2D eigenvalue weighted by atomic mass is 10.0. The number of hydrogen-bond acceptors (Lipinski definition) is 4. The Morgan fingerprint density at radius 2 is 1.43 bits per heavy atom. The van der Waals surface area contributed by atoms with Crippen LogP contribution in [-0.4, -0.2) is 25.8 Å². The predicted octanol–water partition coefficient (Wildman–Crippen LogP) is 1.16. The maximum absolute atomic E-state index is 11.5. The molecule has 0 radical (unpaired) electrons. The predicted molar refractivity (Wildman–Crippen MR) is 49.6 cm³/mol. The molecule has 0 bridgehead atoms. The number of allylic oxidation sites excluding steroid dienone is 2. The Bertz CT molecular complexity index is 331. The Hall–Kier alpha value is -1.29. The Kier molecular flexibility index (Phi) is 2.96. The van der Waals surface area contributed by atoms with E-state index in [0.29, 0.717) is 0 Å². The summed E-state index contributed by atoms with van der Waals surface area (Å²) in [6.45, 7) is 1.47. The van der Waals surface area contributed by atoms with Gasteiger partial charge in [-0.2, -0.15) is 0 Å². The van der Waals surface area contributed by atoms with Crippen molar-refractivity contribution in [1.82, 2.24) is 0 Å². The second-order valence-corrected chi connectivity index (χ2v) is 3.04. The summed E-state index contributed by atoms with van der Waals surface area (Å²) in [7, 11) is 2.58. The minimum atomic E-state index is -0.525. The number of carbonyl (C=O) groups is 2. The first-order valence-corrected chi connectivity index (χ1v) is 4.20. The average Bonchev–Trinajstić information content (AvgIpc) is 2.20. The topological polar surface area (TPSA) is 52.6 Å². The van der Waals surface area contributed by atoms with Crippen molar-refractivity contribution < 1.29 is 19.1 Å². The van der Waals surface area contributed by atoms with Crippen molar-refractivity contribution in [2.45, 2.75) is 6.92 Å². The fraction of sp³-hybridized carbons (Fsp3) is 0.333. The standard InChI is InChI=1S/C9H9ClO4/c1-4-5(10)7(12)9(14-3)8(13-2)6(4)11/h1-3H3. The fourth-order valence-corrected chi connectivity index (χ4v) is 1.29. The molecule has 76 valence electrons. The number of hydrogen-bond donors (Lipinski definition) is 0. The molecule has 0 atom stereocenters. The van der Waals surface area contributed by atoms with E-state index < -0.39 is 11.6 Å². The first kappa shape index (κ1) is 10.8. The number of ketones is 2. The van der Waals surface area contributed by atoms with Gasteiger partial charge in [-0.1, -0.05) is 11.6 Å². The molecule has 1 aliphatic rings. The van der Waals surface area contributed by atoms with Crippen LogP contribution < -0.4 is 0 Å². The molecular formula is C9H9ClO4. The minimum Gasteiger partial charge on any atom is -0.489 e. The third-order valence-corrected chi connectivity index (χ3v) is 2.35. The van der Waals surface area contributed by atoms with Gasteiger partial charge < -0.3 is 9.47 Å². The Labute approximate surface area is 86.1 Å². The molecule has 0 heterocycles. The third-order valence-electron chi connectivity index (χ3n) is 1.90. The molecule has 5 heteroatoms. The van der Waals surface area contributed by atoms with Crippen molar-refractivity contribution in [3.05, 3.63) is 22.1 Å². The zero-order chi connectivity index (χ0) is 10.9. The van der Waals surface area contributed by atoms with E-state index >= 15 is 0 Å². The van der Waals surface area contributed by atoms with E-state index in [9.17, 15) is 9.59 Å². The van der Waals surface area contributed by atoms with Crippen molar-refractivity contribution in [2.75, 3.05) is 14.2 Å². The van der Waals surface area contributed by atoms with Crippen LogP contribution in [0.25, 0.3) is 0 Å². The molecule has 0 saturated carbocycles. The van der Waals surface area contributed by atoms with Crippen molar-refractivity contribution in [3.63, 3.8) is 0 Å². The summed E-state index contributed by atoms with van der Waals surface area (Å²) in [4.78, 5) is 23.0. The molecule has 0 spiro atoms. The molecule has 14 heavy (non-hydrogen) atoms. The van der Waals surface area contributed by atoms with Gasteiger partial charge in [-0.05, 0) is 6.92 Å². The summed E-state index contributed by atoms with van der Waals surface area (Å²) in [6, 6.07) is 0. The maximum Gasteiger partial charge on any atom is 0.243 e. The zero-order valence-electron chi connectivity index (χ0n) is 8.01. The lowest BCUT2D eigenvalue weighted by Gasteiger charge is -2.16. The van der Waals surface area contributed by atoms with Gasteiger partial charge in [-0.3, -0.25) is 9.59 Å². The first-order valence-electron chi connectivity index (χ1n) is 3.82. The van der Waals surface area contributed by atoms with Crippen molar-refractivity contribution >= 4 is 23.2 Å². The molecular weight excluding hydrogens is 208 g/mol. The summed E-state index contributed by atoms with van der Waals surface area (Å²) in [5.74, 6) is -1.19. The van der Waals surface area contributed by atoms with Crippen LogP contribution in [0, 0.1) is 0 Å². The second kappa shape index (κ2) is 3.84. The van der Waals surface area contributed by atoms with E-state index in [2.05, 4.69) is 0 Å². The van der Waals surface area contributed by atoms with Crippen molar-refractivity contribution in [3.8, 4) is 0 Å². The second-order valence-electron chi connectivity index (χ2n) is 2.66. The van der Waals surface area contributed by atoms with Crippen LogP contribution in [-0.2, 0) is 19.1 Å². The van der Waals surface area contributed by atoms with Gasteiger partial charge in [-0.25, -0.2) is 0 Å². The number of rotatable bonds is 2. The fourth-order valence-electron chi connectivity index (χ4n) is 1.12. The quantitative estimate of drug-likeness (QED) is 0.650. The number of ether oxygens (including phenoxy) is 2. The molecule has 0 amide bonds. The number of Topliss-reactive ketones (excluding diaryl/α,β-unsaturated/α-hetero) is 2.